The van der Waals surface area contributed by atoms with Gasteiger partial charge >= 0.3 is 0 Å². The highest BCUT2D eigenvalue weighted by molar-refractivity contribution is 7.09. The van der Waals surface area contributed by atoms with Gasteiger partial charge in [0, 0.05) is 36.6 Å². The lowest BCUT2D eigenvalue weighted by Gasteiger charge is -2.43. The Bertz CT molecular complexity index is 439. The summed E-state index contributed by atoms with van der Waals surface area (Å²) in [4.78, 5) is 8.59. The molecule has 4 heteroatoms. The zero-order chi connectivity index (χ0) is 14.7. The van der Waals surface area contributed by atoms with E-state index in [9.17, 15) is 0 Å². The number of nitrogens with zero attached hydrogens (tertiary/aromatic N) is 2. The monoisotopic (exact) mass is 307 g/mol. The van der Waals surface area contributed by atoms with Crippen molar-refractivity contribution in [3.8, 4) is 0 Å². The Morgan fingerprint density at radius 2 is 2.14 bits per heavy atom. The van der Waals surface area contributed by atoms with Crippen LogP contribution < -0.4 is 5.32 Å². The molecule has 1 saturated carbocycles. The van der Waals surface area contributed by atoms with Crippen LogP contribution >= 0.6 is 11.3 Å². The lowest BCUT2D eigenvalue weighted by atomic mass is 9.82. The van der Waals surface area contributed by atoms with Crippen molar-refractivity contribution in [2.45, 2.75) is 71.0 Å². The zero-order valence-corrected chi connectivity index (χ0v) is 14.3. The predicted molar refractivity (Wildman–Crippen MR) is 89.7 cm³/mol. The molecule has 2 atom stereocenters. The molecule has 118 valence electrons. The second kappa shape index (κ2) is 7.21. The summed E-state index contributed by atoms with van der Waals surface area (Å²) in [5.74, 6) is 0.904. The molecular weight excluding hydrogens is 278 g/mol. The summed E-state index contributed by atoms with van der Waals surface area (Å²) in [6, 6.07) is 1.40. The van der Waals surface area contributed by atoms with E-state index >= 15 is 0 Å². The van der Waals surface area contributed by atoms with E-state index in [0.29, 0.717) is 12.1 Å². The number of rotatable bonds is 4. The summed E-state index contributed by atoms with van der Waals surface area (Å²) < 4.78 is 0. The Balaban J connectivity index is 1.65. The first-order valence-electron chi connectivity index (χ1n) is 8.64. The van der Waals surface area contributed by atoms with Crippen molar-refractivity contribution in [3.63, 3.8) is 0 Å². The van der Waals surface area contributed by atoms with Crippen LogP contribution in [0.2, 0.25) is 0 Å². The van der Waals surface area contributed by atoms with Gasteiger partial charge in [-0.3, -0.25) is 4.90 Å². The summed E-state index contributed by atoms with van der Waals surface area (Å²) in [5.41, 5.74) is 3.22. The van der Waals surface area contributed by atoms with Crippen molar-refractivity contribution >= 4 is 11.3 Å². The minimum atomic E-state index is 0.686. The van der Waals surface area contributed by atoms with Gasteiger partial charge in [-0.15, -0.1) is 11.3 Å². The SMILES string of the molecule is CCC1CNC(C2CCCCC2)CN1Cc1scnc1C. The first-order chi connectivity index (χ1) is 10.3. The number of hydrogen-bond acceptors (Lipinski definition) is 4. The molecule has 21 heavy (non-hydrogen) atoms. The number of thiazole rings is 1. The maximum atomic E-state index is 4.42. The average Bonchev–Trinajstić information content (AvgIpc) is 2.93. The van der Waals surface area contributed by atoms with Gasteiger partial charge in [-0.05, 0) is 32.1 Å². The fourth-order valence-electron chi connectivity index (χ4n) is 3.99. The van der Waals surface area contributed by atoms with Gasteiger partial charge in [-0.25, -0.2) is 4.98 Å². The minimum Gasteiger partial charge on any atom is -0.311 e. The molecule has 0 radical (unpaired) electrons. The van der Waals surface area contributed by atoms with Gasteiger partial charge in [0.05, 0.1) is 11.2 Å². The van der Waals surface area contributed by atoms with Gasteiger partial charge in [0.2, 0.25) is 0 Å². The summed E-state index contributed by atoms with van der Waals surface area (Å²) in [6.45, 7) is 7.95. The normalized spacial score (nSPS) is 28.9. The van der Waals surface area contributed by atoms with E-state index in [1.165, 1.54) is 55.6 Å². The molecule has 0 amide bonds. The number of nitrogens with one attached hydrogen (secondary N) is 1. The quantitative estimate of drug-likeness (QED) is 0.921. The number of hydrogen-bond donors (Lipinski definition) is 1. The molecule has 0 spiro atoms. The van der Waals surface area contributed by atoms with Crippen molar-refractivity contribution in [1.82, 2.24) is 15.2 Å². The standard InChI is InChI=1S/C17H29N3S/c1-3-15-9-18-16(14-7-5-4-6-8-14)10-20(15)11-17-13(2)19-12-21-17/h12,14-16,18H,3-11H2,1-2H3. The van der Waals surface area contributed by atoms with E-state index in [1.807, 2.05) is 16.8 Å². The van der Waals surface area contributed by atoms with Gasteiger partial charge in [-0.1, -0.05) is 26.2 Å². The molecule has 3 nitrogen and oxygen atoms in total. The van der Waals surface area contributed by atoms with Gasteiger partial charge in [-0.2, -0.15) is 0 Å². The molecule has 2 aliphatic rings. The molecule has 1 N–H and O–H groups in total. The molecule has 3 rings (SSSR count). The van der Waals surface area contributed by atoms with Crippen LogP contribution in [-0.2, 0) is 6.54 Å². The van der Waals surface area contributed by atoms with Crippen molar-refractivity contribution in [3.05, 3.63) is 16.1 Å². The van der Waals surface area contributed by atoms with Crippen LogP contribution in [0, 0.1) is 12.8 Å². The van der Waals surface area contributed by atoms with Crippen molar-refractivity contribution in [2.24, 2.45) is 5.92 Å². The smallest absolute Gasteiger partial charge is 0.0798 e. The van der Waals surface area contributed by atoms with E-state index in [4.69, 9.17) is 0 Å². The maximum absolute atomic E-state index is 4.42. The number of aryl methyl sites for hydroxylation is 1. The third-order valence-electron chi connectivity index (χ3n) is 5.44. The first kappa shape index (κ1) is 15.4. The highest BCUT2D eigenvalue weighted by atomic mass is 32.1. The van der Waals surface area contributed by atoms with Gasteiger partial charge in [0.25, 0.3) is 0 Å². The molecule has 2 fully saturated rings. The van der Waals surface area contributed by atoms with Crippen LogP contribution in [0.5, 0.6) is 0 Å². The molecule has 1 aromatic heterocycles. The molecule has 0 bridgehead atoms. The second-order valence-electron chi connectivity index (χ2n) is 6.77. The van der Waals surface area contributed by atoms with E-state index in [2.05, 4.69) is 29.0 Å². The van der Waals surface area contributed by atoms with Crippen molar-refractivity contribution in [1.29, 1.82) is 0 Å². The van der Waals surface area contributed by atoms with Crippen LogP contribution in [0.4, 0.5) is 0 Å². The van der Waals surface area contributed by atoms with Crippen LogP contribution in [-0.4, -0.2) is 35.1 Å². The van der Waals surface area contributed by atoms with E-state index < -0.39 is 0 Å². The van der Waals surface area contributed by atoms with Crippen LogP contribution in [0.25, 0.3) is 0 Å². The summed E-state index contributed by atoms with van der Waals surface area (Å²) in [5, 5.41) is 3.86. The molecule has 2 heterocycles. The summed E-state index contributed by atoms with van der Waals surface area (Å²) in [6.07, 6.45) is 8.43. The van der Waals surface area contributed by atoms with Crippen LogP contribution in [0.3, 0.4) is 0 Å². The predicted octanol–water partition coefficient (Wildman–Crippen LogP) is 3.58. The lowest BCUT2D eigenvalue weighted by molar-refractivity contribution is 0.0880. The fourth-order valence-corrected chi connectivity index (χ4v) is 4.80. The molecule has 1 saturated heterocycles. The Morgan fingerprint density at radius 1 is 1.33 bits per heavy atom. The molecule has 1 aliphatic carbocycles. The second-order valence-corrected chi connectivity index (χ2v) is 7.70. The fraction of sp³-hybridized carbons (Fsp3) is 0.824. The minimum absolute atomic E-state index is 0.686. The Hall–Kier alpha value is -0.450. The largest absolute Gasteiger partial charge is 0.311 e. The maximum Gasteiger partial charge on any atom is 0.0798 e. The van der Waals surface area contributed by atoms with Crippen LogP contribution in [0.1, 0.15) is 56.0 Å². The molecule has 0 aromatic carbocycles. The summed E-state index contributed by atoms with van der Waals surface area (Å²) >= 11 is 1.82. The van der Waals surface area contributed by atoms with Crippen molar-refractivity contribution in [2.75, 3.05) is 13.1 Å². The summed E-state index contributed by atoms with van der Waals surface area (Å²) in [7, 11) is 0. The molecular formula is C17H29N3S. The highest BCUT2D eigenvalue weighted by Crippen LogP contribution is 2.29. The third-order valence-corrected chi connectivity index (χ3v) is 6.36. The van der Waals surface area contributed by atoms with Gasteiger partial charge in [0.1, 0.15) is 0 Å². The van der Waals surface area contributed by atoms with Crippen LogP contribution in [0.15, 0.2) is 5.51 Å². The first-order valence-corrected chi connectivity index (χ1v) is 9.52. The Kier molecular flexibility index (Phi) is 5.30. The lowest BCUT2D eigenvalue weighted by Crippen LogP contribution is -2.58. The molecule has 1 aromatic rings. The number of aromatic nitrogens is 1. The topological polar surface area (TPSA) is 28.2 Å². The zero-order valence-electron chi connectivity index (χ0n) is 13.5. The average molecular weight is 308 g/mol. The Morgan fingerprint density at radius 3 is 2.81 bits per heavy atom. The number of piperazine rings is 1. The Labute approximate surface area is 133 Å². The van der Waals surface area contributed by atoms with E-state index in [0.717, 1.165) is 19.0 Å². The van der Waals surface area contributed by atoms with E-state index in [1.54, 1.807) is 0 Å². The highest BCUT2D eigenvalue weighted by Gasteiger charge is 2.32. The van der Waals surface area contributed by atoms with Crippen molar-refractivity contribution < 1.29 is 0 Å². The molecule has 1 aliphatic heterocycles. The molecule has 2 unspecified atom stereocenters. The third kappa shape index (κ3) is 3.66. The van der Waals surface area contributed by atoms with Gasteiger partial charge < -0.3 is 5.32 Å². The van der Waals surface area contributed by atoms with Gasteiger partial charge in [0.15, 0.2) is 0 Å². The van der Waals surface area contributed by atoms with E-state index in [-0.39, 0.29) is 0 Å².